The van der Waals surface area contributed by atoms with E-state index in [1.807, 2.05) is 24.4 Å². The van der Waals surface area contributed by atoms with Gasteiger partial charge in [0.2, 0.25) is 15.8 Å². The summed E-state index contributed by atoms with van der Waals surface area (Å²) in [6.07, 6.45) is 5.28. The second kappa shape index (κ2) is 14.5. The maximum Gasteiger partial charge on any atom is 0.215 e. The number of alkyl halides is 1. The topological polar surface area (TPSA) is 73.2 Å². The monoisotopic (exact) mass is 669 g/mol. The Labute approximate surface area is 269 Å². The van der Waals surface area contributed by atoms with Gasteiger partial charge in [0.15, 0.2) is 0 Å². The lowest BCUT2D eigenvalue weighted by atomic mass is 10.0. The maximum absolute atomic E-state index is 12.5. The fourth-order valence-corrected chi connectivity index (χ4v) is 7.75. The van der Waals surface area contributed by atoms with Crippen molar-refractivity contribution in [3.8, 4) is 0 Å². The number of aryl methyl sites for hydroxylation is 1. The number of piperazine rings is 1. The van der Waals surface area contributed by atoms with Crippen molar-refractivity contribution in [2.75, 3.05) is 55.9 Å². The van der Waals surface area contributed by atoms with Crippen molar-refractivity contribution in [3.05, 3.63) is 87.7 Å². The molecule has 2 saturated heterocycles. The molecule has 3 aromatic rings. The molecule has 8 nitrogen and oxygen atoms in total. The van der Waals surface area contributed by atoms with Crippen LogP contribution in [0.15, 0.2) is 60.9 Å². The van der Waals surface area contributed by atoms with Crippen LogP contribution in [0.5, 0.6) is 0 Å². The number of hydrogen-bond donors (Lipinski definition) is 0. The Hall–Kier alpha value is -1.82. The zero-order valence-electron chi connectivity index (χ0n) is 24.3. The molecule has 0 bridgehead atoms. The number of rotatable bonds is 12. The number of benzene rings is 2. The standard InChI is InChI=1S/C31H38Cl3N3O5S/c1-2-24-10-12-35(19-24)23-31(29-9-6-26(33)18-30(29)34)41-21-28(22-42-31)40-20-25-4-7-27(8-5-25)36-13-15-37(16-14-36)43(38,39)17-3-11-32/h4-10,12,18-19,28H,2-3,11,13-17,20-23H2,1H3. The zero-order chi connectivity index (χ0) is 30.5. The Morgan fingerprint density at radius 1 is 0.977 bits per heavy atom. The van der Waals surface area contributed by atoms with E-state index in [1.165, 1.54) is 5.56 Å². The van der Waals surface area contributed by atoms with Gasteiger partial charge in [-0.05, 0) is 54.3 Å². The molecule has 5 rings (SSSR count). The van der Waals surface area contributed by atoms with Crippen LogP contribution >= 0.6 is 34.8 Å². The summed E-state index contributed by atoms with van der Waals surface area (Å²) >= 11 is 18.5. The van der Waals surface area contributed by atoms with E-state index in [0.29, 0.717) is 74.9 Å². The largest absolute Gasteiger partial charge is 0.369 e. The minimum atomic E-state index is -3.25. The number of hydrogen-bond acceptors (Lipinski definition) is 6. The summed E-state index contributed by atoms with van der Waals surface area (Å²) in [5.74, 6) is -0.616. The van der Waals surface area contributed by atoms with E-state index in [9.17, 15) is 8.42 Å². The van der Waals surface area contributed by atoms with Gasteiger partial charge < -0.3 is 23.7 Å². The number of ether oxygens (including phenoxy) is 3. The Kier molecular flexibility index (Phi) is 11.0. The van der Waals surface area contributed by atoms with Gasteiger partial charge in [-0.2, -0.15) is 4.31 Å². The summed E-state index contributed by atoms with van der Waals surface area (Å²) in [4.78, 5) is 2.21. The number of sulfonamides is 1. The molecular formula is C31H38Cl3N3O5S. The molecule has 12 heteroatoms. The second-order valence-corrected chi connectivity index (χ2v) is 14.2. The van der Waals surface area contributed by atoms with Crippen LogP contribution in [0.3, 0.4) is 0 Å². The summed E-state index contributed by atoms with van der Waals surface area (Å²) in [7, 11) is -3.25. The molecule has 0 atom stereocenters. The average Bonchev–Trinajstić information content (AvgIpc) is 3.47. The predicted octanol–water partition coefficient (Wildman–Crippen LogP) is 5.92. The molecule has 0 unspecified atom stereocenters. The summed E-state index contributed by atoms with van der Waals surface area (Å²) in [5, 5.41) is 1.04. The normalized spacial score (nSPS) is 21.8. The molecule has 2 aliphatic heterocycles. The number of nitrogens with zero attached hydrogens (tertiary/aromatic N) is 3. The minimum absolute atomic E-state index is 0.102. The van der Waals surface area contributed by atoms with Crippen LogP contribution < -0.4 is 4.90 Å². The third-order valence-electron chi connectivity index (χ3n) is 7.91. The van der Waals surface area contributed by atoms with Gasteiger partial charge in [0, 0.05) is 60.7 Å². The van der Waals surface area contributed by atoms with Crippen molar-refractivity contribution in [2.45, 2.75) is 44.8 Å². The fraction of sp³-hybridized carbons (Fsp3) is 0.484. The quantitative estimate of drug-likeness (QED) is 0.223. The highest BCUT2D eigenvalue weighted by atomic mass is 35.5. The van der Waals surface area contributed by atoms with Gasteiger partial charge in [-0.25, -0.2) is 8.42 Å². The second-order valence-electron chi connectivity index (χ2n) is 10.9. The Balaban J connectivity index is 1.15. The van der Waals surface area contributed by atoms with E-state index in [0.717, 1.165) is 23.2 Å². The van der Waals surface area contributed by atoms with E-state index in [1.54, 1.807) is 16.4 Å². The van der Waals surface area contributed by atoms with Gasteiger partial charge in [0.1, 0.15) is 6.10 Å². The van der Waals surface area contributed by atoms with Gasteiger partial charge in [-0.15, -0.1) is 11.6 Å². The molecule has 3 heterocycles. The first-order valence-corrected chi connectivity index (χ1v) is 17.5. The first kappa shape index (κ1) is 32.6. The molecule has 2 fully saturated rings. The summed E-state index contributed by atoms with van der Waals surface area (Å²) in [5.41, 5.74) is 4.05. The highest BCUT2D eigenvalue weighted by molar-refractivity contribution is 7.89. The molecule has 0 radical (unpaired) electrons. The van der Waals surface area contributed by atoms with Crippen LogP contribution in [0.1, 0.15) is 30.0 Å². The SMILES string of the molecule is CCc1ccn(CC2(c3ccc(Cl)cc3Cl)OCC(OCc3ccc(N4CCN(S(=O)(=O)CCCCl)CC4)cc3)CO2)c1. The molecule has 0 amide bonds. The van der Waals surface area contributed by atoms with Crippen LogP contribution in [-0.2, 0) is 49.6 Å². The molecule has 2 aliphatic rings. The van der Waals surface area contributed by atoms with Crippen LogP contribution in [-0.4, -0.2) is 74.4 Å². The van der Waals surface area contributed by atoms with Crippen LogP contribution in [0, 0.1) is 0 Å². The lowest BCUT2D eigenvalue weighted by Gasteiger charge is -2.41. The third kappa shape index (κ3) is 8.07. The summed E-state index contributed by atoms with van der Waals surface area (Å²) < 4.78 is 47.6. The van der Waals surface area contributed by atoms with Crippen molar-refractivity contribution >= 4 is 50.5 Å². The first-order chi connectivity index (χ1) is 20.7. The molecule has 43 heavy (non-hydrogen) atoms. The molecule has 0 N–H and O–H groups in total. The van der Waals surface area contributed by atoms with E-state index in [4.69, 9.17) is 49.0 Å². The zero-order valence-corrected chi connectivity index (χ0v) is 27.3. The third-order valence-corrected chi connectivity index (χ3v) is 10.7. The Morgan fingerprint density at radius 3 is 2.33 bits per heavy atom. The van der Waals surface area contributed by atoms with Gasteiger partial charge in [0.05, 0.1) is 37.1 Å². The van der Waals surface area contributed by atoms with E-state index in [-0.39, 0.29) is 11.9 Å². The minimum Gasteiger partial charge on any atom is -0.369 e. The van der Waals surface area contributed by atoms with Crippen molar-refractivity contribution in [3.63, 3.8) is 0 Å². The van der Waals surface area contributed by atoms with Crippen LogP contribution in [0.4, 0.5) is 5.69 Å². The molecule has 0 saturated carbocycles. The van der Waals surface area contributed by atoms with Gasteiger partial charge in [0.25, 0.3) is 0 Å². The first-order valence-electron chi connectivity index (χ1n) is 14.6. The lowest BCUT2D eigenvalue weighted by molar-refractivity contribution is -0.313. The van der Waals surface area contributed by atoms with Crippen molar-refractivity contribution in [1.82, 2.24) is 8.87 Å². The number of aromatic nitrogens is 1. The molecule has 0 spiro atoms. The highest BCUT2D eigenvalue weighted by Gasteiger charge is 2.42. The van der Waals surface area contributed by atoms with Gasteiger partial charge in [-0.1, -0.05) is 48.3 Å². The number of halogens is 3. The number of anilines is 1. The van der Waals surface area contributed by atoms with Crippen molar-refractivity contribution in [1.29, 1.82) is 0 Å². The molecule has 2 aromatic carbocycles. The smallest absolute Gasteiger partial charge is 0.215 e. The van der Waals surface area contributed by atoms with Crippen molar-refractivity contribution < 1.29 is 22.6 Å². The average molecular weight is 671 g/mol. The predicted molar refractivity (Wildman–Crippen MR) is 172 cm³/mol. The molecular weight excluding hydrogens is 633 g/mol. The van der Waals surface area contributed by atoms with E-state index in [2.05, 4.69) is 40.8 Å². The van der Waals surface area contributed by atoms with Gasteiger partial charge >= 0.3 is 0 Å². The maximum atomic E-state index is 12.5. The molecule has 0 aliphatic carbocycles. The van der Waals surface area contributed by atoms with E-state index >= 15 is 0 Å². The van der Waals surface area contributed by atoms with Crippen LogP contribution in [0.2, 0.25) is 10.0 Å². The van der Waals surface area contributed by atoms with E-state index < -0.39 is 15.8 Å². The summed E-state index contributed by atoms with van der Waals surface area (Å²) in [6.45, 7) is 5.91. The van der Waals surface area contributed by atoms with Gasteiger partial charge in [-0.3, -0.25) is 0 Å². The molecule has 1 aromatic heterocycles. The van der Waals surface area contributed by atoms with Crippen LogP contribution in [0.25, 0.3) is 0 Å². The fourth-order valence-electron chi connectivity index (χ4n) is 5.42. The Bertz CT molecular complexity index is 1450. The summed E-state index contributed by atoms with van der Waals surface area (Å²) in [6, 6.07) is 15.6. The lowest BCUT2D eigenvalue weighted by Crippen LogP contribution is -2.49. The molecule has 234 valence electrons. The highest BCUT2D eigenvalue weighted by Crippen LogP contribution is 2.38. The Morgan fingerprint density at radius 2 is 1.70 bits per heavy atom. The van der Waals surface area contributed by atoms with Crippen molar-refractivity contribution in [2.24, 2.45) is 0 Å².